The summed E-state index contributed by atoms with van der Waals surface area (Å²) >= 11 is 0. The molecule has 0 atom stereocenters. The second kappa shape index (κ2) is 5.84. The van der Waals surface area contributed by atoms with Crippen LogP contribution in [-0.2, 0) is 6.42 Å². The van der Waals surface area contributed by atoms with Crippen LogP contribution < -0.4 is 0 Å². The topological polar surface area (TPSA) is 15.8 Å². The van der Waals surface area contributed by atoms with E-state index >= 15 is 0 Å². The van der Waals surface area contributed by atoms with E-state index in [0.29, 0.717) is 0 Å². The normalized spacial score (nSPS) is 12.5. The van der Waals surface area contributed by atoms with Crippen LogP contribution in [0.2, 0.25) is 0 Å². The van der Waals surface area contributed by atoms with Crippen LogP contribution in [0.4, 0.5) is 0 Å². The highest BCUT2D eigenvalue weighted by Crippen LogP contribution is 2.39. The second-order valence-corrected chi connectivity index (χ2v) is 8.30. The molecule has 6 aromatic rings. The third-order valence-electron chi connectivity index (χ3n) is 6.61. The summed E-state index contributed by atoms with van der Waals surface area (Å²) in [6, 6.07) is 35.6. The maximum absolute atomic E-state index is 3.60. The summed E-state index contributed by atoms with van der Waals surface area (Å²) in [5.74, 6) is 0. The molecule has 1 aromatic heterocycles. The molecule has 0 unspecified atom stereocenters. The Kier molecular flexibility index (Phi) is 3.12. The van der Waals surface area contributed by atoms with Crippen molar-refractivity contribution in [2.75, 3.05) is 0 Å². The molecule has 1 heterocycles. The predicted octanol–water partition coefficient (Wildman–Crippen LogP) is 7.71. The fourth-order valence-corrected chi connectivity index (χ4v) is 5.18. The maximum Gasteiger partial charge on any atom is 0.0471 e. The lowest BCUT2D eigenvalue weighted by molar-refractivity contribution is 1.26. The van der Waals surface area contributed by atoms with Gasteiger partial charge in [-0.25, -0.2) is 0 Å². The zero-order valence-corrected chi connectivity index (χ0v) is 16.4. The van der Waals surface area contributed by atoms with E-state index in [9.17, 15) is 0 Å². The van der Waals surface area contributed by atoms with Crippen molar-refractivity contribution in [2.45, 2.75) is 6.42 Å². The smallest absolute Gasteiger partial charge is 0.0471 e. The summed E-state index contributed by atoms with van der Waals surface area (Å²) in [5, 5.41) is 5.20. The summed E-state index contributed by atoms with van der Waals surface area (Å²) in [5.41, 5.74) is 10.6. The maximum atomic E-state index is 3.60. The van der Waals surface area contributed by atoms with Crippen LogP contribution in [0, 0.1) is 0 Å². The Morgan fingerprint density at radius 2 is 1.30 bits per heavy atom. The number of aromatic nitrogens is 1. The van der Waals surface area contributed by atoms with E-state index in [0.717, 1.165) is 6.42 Å². The van der Waals surface area contributed by atoms with Gasteiger partial charge in [0.2, 0.25) is 0 Å². The monoisotopic (exact) mass is 381 g/mol. The Hall–Kier alpha value is -3.84. The first kappa shape index (κ1) is 16.0. The van der Waals surface area contributed by atoms with Crippen molar-refractivity contribution < 1.29 is 0 Å². The largest absolute Gasteiger partial charge is 0.354 e. The molecule has 1 aliphatic rings. The van der Waals surface area contributed by atoms with Gasteiger partial charge in [-0.1, -0.05) is 78.9 Å². The summed E-state index contributed by atoms with van der Waals surface area (Å²) in [4.78, 5) is 3.60. The van der Waals surface area contributed by atoms with Crippen LogP contribution in [-0.4, -0.2) is 4.98 Å². The molecule has 0 aliphatic heterocycles. The van der Waals surface area contributed by atoms with Gasteiger partial charge in [0.1, 0.15) is 0 Å². The zero-order chi connectivity index (χ0) is 19.7. The van der Waals surface area contributed by atoms with Crippen LogP contribution in [0.5, 0.6) is 0 Å². The van der Waals surface area contributed by atoms with Gasteiger partial charge >= 0.3 is 0 Å². The van der Waals surface area contributed by atoms with E-state index in [2.05, 4.69) is 102 Å². The van der Waals surface area contributed by atoms with E-state index < -0.39 is 0 Å². The highest BCUT2D eigenvalue weighted by Gasteiger charge is 2.18. The minimum atomic E-state index is 1.03. The van der Waals surface area contributed by atoms with Crippen LogP contribution in [0.15, 0.2) is 97.1 Å². The minimum Gasteiger partial charge on any atom is -0.354 e. The molecular weight excluding hydrogens is 362 g/mol. The third-order valence-corrected chi connectivity index (χ3v) is 6.61. The first-order valence-electron chi connectivity index (χ1n) is 10.5. The Bertz CT molecular complexity index is 1620. The number of hydrogen-bond donors (Lipinski definition) is 1. The van der Waals surface area contributed by atoms with Crippen molar-refractivity contribution in [3.63, 3.8) is 0 Å². The third kappa shape index (κ3) is 2.18. The molecule has 0 amide bonds. The van der Waals surface area contributed by atoms with Crippen molar-refractivity contribution in [1.29, 1.82) is 0 Å². The van der Waals surface area contributed by atoms with Gasteiger partial charge in [0.15, 0.2) is 0 Å². The van der Waals surface area contributed by atoms with Gasteiger partial charge in [-0.2, -0.15) is 0 Å². The number of hydrogen-bond acceptors (Lipinski definition) is 0. The van der Waals surface area contributed by atoms with Crippen molar-refractivity contribution >= 4 is 32.6 Å². The molecule has 1 nitrogen and oxygen atoms in total. The zero-order valence-electron chi connectivity index (χ0n) is 16.4. The Morgan fingerprint density at radius 1 is 0.533 bits per heavy atom. The lowest BCUT2D eigenvalue weighted by atomic mass is 9.97. The molecule has 0 bridgehead atoms. The van der Waals surface area contributed by atoms with Gasteiger partial charge in [-0.3, -0.25) is 0 Å². The van der Waals surface area contributed by atoms with Crippen molar-refractivity contribution in [3.05, 3.63) is 108 Å². The number of benzene rings is 5. The summed E-state index contributed by atoms with van der Waals surface area (Å²) in [6.45, 7) is 0. The molecular formula is C29H19N. The lowest BCUT2D eigenvalue weighted by Crippen LogP contribution is -1.84. The fraction of sp³-hybridized carbons (Fsp3) is 0.0345. The Labute approximate surface area is 174 Å². The molecule has 7 rings (SSSR count). The first-order chi connectivity index (χ1) is 14.8. The first-order valence-corrected chi connectivity index (χ1v) is 10.5. The van der Waals surface area contributed by atoms with E-state index in [-0.39, 0.29) is 0 Å². The number of aromatic amines is 1. The highest BCUT2D eigenvalue weighted by molar-refractivity contribution is 6.20. The van der Waals surface area contributed by atoms with Gasteiger partial charge in [0, 0.05) is 21.8 Å². The average molecular weight is 381 g/mol. The highest BCUT2D eigenvalue weighted by atomic mass is 14.7. The quantitative estimate of drug-likeness (QED) is 0.300. The number of fused-ring (bicyclic) bond motifs is 8. The molecule has 140 valence electrons. The molecule has 0 saturated heterocycles. The summed E-state index contributed by atoms with van der Waals surface area (Å²) < 4.78 is 0. The molecule has 1 aliphatic carbocycles. The molecule has 1 heteroatoms. The van der Waals surface area contributed by atoms with Gasteiger partial charge in [-0.05, 0) is 68.8 Å². The molecule has 1 N–H and O–H groups in total. The van der Waals surface area contributed by atoms with Gasteiger partial charge in [0.05, 0.1) is 0 Å². The average Bonchev–Trinajstić information content (AvgIpc) is 3.36. The standard InChI is InChI=1S/C29H19N/c1-4-8-25-18(5-1)10-14-28-29(25)26-17-20(11-13-27(26)30-28)19-9-12-24-22(15-19)16-21-6-2-3-7-23(21)24/h1-15,17,30H,16H2. The van der Waals surface area contributed by atoms with Gasteiger partial charge < -0.3 is 4.98 Å². The minimum absolute atomic E-state index is 1.03. The summed E-state index contributed by atoms with van der Waals surface area (Å²) in [6.07, 6.45) is 1.03. The van der Waals surface area contributed by atoms with E-state index in [1.165, 1.54) is 66.0 Å². The van der Waals surface area contributed by atoms with Crippen molar-refractivity contribution in [3.8, 4) is 22.3 Å². The van der Waals surface area contributed by atoms with E-state index in [4.69, 9.17) is 0 Å². The number of nitrogens with one attached hydrogen (secondary N) is 1. The van der Waals surface area contributed by atoms with Crippen molar-refractivity contribution in [1.82, 2.24) is 4.98 Å². The summed E-state index contributed by atoms with van der Waals surface area (Å²) in [7, 11) is 0. The van der Waals surface area contributed by atoms with E-state index in [1.807, 2.05) is 0 Å². The SMILES string of the molecule is c1ccc2c(c1)Cc1cc(-c3ccc4[nH]c5ccc6ccccc6c5c4c3)ccc1-2. The molecule has 0 fully saturated rings. The van der Waals surface area contributed by atoms with Gasteiger partial charge in [0.25, 0.3) is 0 Å². The van der Waals surface area contributed by atoms with Crippen LogP contribution in [0.3, 0.4) is 0 Å². The van der Waals surface area contributed by atoms with Gasteiger partial charge in [-0.15, -0.1) is 0 Å². The molecule has 0 saturated carbocycles. The van der Waals surface area contributed by atoms with Crippen LogP contribution in [0.25, 0.3) is 54.8 Å². The van der Waals surface area contributed by atoms with Crippen molar-refractivity contribution in [2.24, 2.45) is 0 Å². The lowest BCUT2D eigenvalue weighted by Gasteiger charge is -2.07. The second-order valence-electron chi connectivity index (χ2n) is 8.30. The van der Waals surface area contributed by atoms with E-state index in [1.54, 1.807) is 0 Å². The predicted molar refractivity (Wildman–Crippen MR) is 127 cm³/mol. The Morgan fingerprint density at radius 3 is 2.30 bits per heavy atom. The molecule has 0 spiro atoms. The van der Waals surface area contributed by atoms with Crippen LogP contribution in [0.1, 0.15) is 11.1 Å². The fourth-order valence-electron chi connectivity index (χ4n) is 5.18. The molecule has 5 aromatic carbocycles. The molecule has 0 radical (unpaired) electrons. The molecule has 30 heavy (non-hydrogen) atoms. The number of rotatable bonds is 1. The Balaban J connectivity index is 1.44. The van der Waals surface area contributed by atoms with Crippen LogP contribution >= 0.6 is 0 Å². The number of H-pyrrole nitrogens is 1.